The smallest absolute Gasteiger partial charge is 0.435 e. The standard InChI is InChI=1S/C15H14F3N5O2/c1-9(23-7-5-11(21-23)15(16,17)18)13-20-12(22-25-13)8-10-4-3-6-19-14(10)24-2/h3-7,9H,8H2,1-2H3. The molecule has 0 amide bonds. The van der Waals surface area contributed by atoms with E-state index < -0.39 is 17.9 Å². The van der Waals surface area contributed by atoms with Crippen molar-refractivity contribution in [3.8, 4) is 5.88 Å². The topological polar surface area (TPSA) is 78.9 Å². The molecule has 0 fully saturated rings. The molecule has 0 radical (unpaired) electrons. The third kappa shape index (κ3) is 3.62. The van der Waals surface area contributed by atoms with E-state index in [1.54, 1.807) is 19.2 Å². The van der Waals surface area contributed by atoms with Crippen molar-refractivity contribution >= 4 is 0 Å². The molecule has 0 bridgehead atoms. The number of methoxy groups -OCH3 is 1. The highest BCUT2D eigenvalue weighted by atomic mass is 19.4. The predicted octanol–water partition coefficient (Wildman–Crippen LogP) is 2.89. The molecule has 0 aliphatic carbocycles. The molecule has 10 heteroatoms. The molecule has 0 N–H and O–H groups in total. The van der Waals surface area contributed by atoms with Gasteiger partial charge in [0.1, 0.15) is 6.04 Å². The molecule has 7 nitrogen and oxygen atoms in total. The Morgan fingerprint density at radius 2 is 2.12 bits per heavy atom. The summed E-state index contributed by atoms with van der Waals surface area (Å²) in [5.41, 5.74) is -0.206. The minimum absolute atomic E-state index is 0.162. The van der Waals surface area contributed by atoms with Gasteiger partial charge in [-0.2, -0.15) is 23.3 Å². The van der Waals surface area contributed by atoms with Gasteiger partial charge in [0, 0.05) is 24.4 Å². The zero-order chi connectivity index (χ0) is 18.0. The minimum Gasteiger partial charge on any atom is -0.481 e. The third-order valence-corrected chi connectivity index (χ3v) is 3.53. The zero-order valence-corrected chi connectivity index (χ0v) is 13.4. The number of ether oxygens (including phenoxy) is 1. The predicted molar refractivity (Wildman–Crippen MR) is 78.9 cm³/mol. The fourth-order valence-electron chi connectivity index (χ4n) is 2.24. The van der Waals surface area contributed by atoms with Gasteiger partial charge in [-0.15, -0.1) is 0 Å². The lowest BCUT2D eigenvalue weighted by Gasteiger charge is -2.07. The van der Waals surface area contributed by atoms with Crippen molar-refractivity contribution in [3.63, 3.8) is 0 Å². The molecule has 1 unspecified atom stereocenters. The Kier molecular flexibility index (Phi) is 4.43. The fourth-order valence-corrected chi connectivity index (χ4v) is 2.24. The molecular formula is C15H14F3N5O2. The number of alkyl halides is 3. The lowest BCUT2D eigenvalue weighted by Crippen LogP contribution is -2.11. The van der Waals surface area contributed by atoms with Crippen LogP contribution in [0.2, 0.25) is 0 Å². The van der Waals surface area contributed by atoms with Crippen LogP contribution in [0.4, 0.5) is 13.2 Å². The first-order valence-corrected chi connectivity index (χ1v) is 7.31. The Morgan fingerprint density at radius 1 is 1.32 bits per heavy atom. The molecular weight excluding hydrogens is 339 g/mol. The summed E-state index contributed by atoms with van der Waals surface area (Å²) in [6.07, 6.45) is -1.36. The monoisotopic (exact) mass is 353 g/mol. The van der Waals surface area contributed by atoms with Crippen molar-refractivity contribution in [2.24, 2.45) is 0 Å². The Morgan fingerprint density at radius 3 is 2.80 bits per heavy atom. The first-order valence-electron chi connectivity index (χ1n) is 7.31. The second kappa shape index (κ2) is 6.54. The van der Waals surface area contributed by atoms with E-state index in [0.29, 0.717) is 18.1 Å². The number of hydrogen-bond acceptors (Lipinski definition) is 6. The van der Waals surface area contributed by atoms with Crippen LogP contribution in [0.1, 0.15) is 35.9 Å². The van der Waals surface area contributed by atoms with Crippen molar-refractivity contribution < 1.29 is 22.4 Å². The summed E-state index contributed by atoms with van der Waals surface area (Å²) < 4.78 is 49.4. The van der Waals surface area contributed by atoms with Gasteiger partial charge in [0.15, 0.2) is 11.5 Å². The van der Waals surface area contributed by atoms with E-state index in [1.165, 1.54) is 13.3 Å². The maximum absolute atomic E-state index is 12.6. The SMILES string of the molecule is COc1ncccc1Cc1noc(C(C)n2ccc(C(F)(F)F)n2)n1. The maximum atomic E-state index is 12.6. The Balaban J connectivity index is 1.78. The molecule has 3 heterocycles. The summed E-state index contributed by atoms with van der Waals surface area (Å²) in [6.45, 7) is 1.62. The van der Waals surface area contributed by atoms with Crippen LogP contribution in [0.5, 0.6) is 5.88 Å². The Labute approximate surface area is 140 Å². The van der Waals surface area contributed by atoms with E-state index in [1.807, 2.05) is 6.07 Å². The lowest BCUT2D eigenvalue weighted by molar-refractivity contribution is -0.141. The number of nitrogens with zero attached hydrogens (tertiary/aromatic N) is 5. The number of hydrogen-bond donors (Lipinski definition) is 0. The lowest BCUT2D eigenvalue weighted by atomic mass is 10.2. The molecule has 0 aromatic carbocycles. The molecule has 0 saturated heterocycles. The van der Waals surface area contributed by atoms with Gasteiger partial charge in [-0.05, 0) is 19.1 Å². The molecule has 0 spiro atoms. The Hall–Kier alpha value is -2.91. The van der Waals surface area contributed by atoms with Gasteiger partial charge in [-0.25, -0.2) is 4.98 Å². The van der Waals surface area contributed by atoms with Gasteiger partial charge in [-0.1, -0.05) is 11.2 Å². The van der Waals surface area contributed by atoms with Crippen molar-refractivity contribution in [1.29, 1.82) is 0 Å². The van der Waals surface area contributed by atoms with Crippen LogP contribution in [-0.4, -0.2) is 32.0 Å². The van der Waals surface area contributed by atoms with E-state index in [-0.39, 0.29) is 5.89 Å². The highest BCUT2D eigenvalue weighted by Gasteiger charge is 2.34. The minimum atomic E-state index is -4.50. The van der Waals surface area contributed by atoms with Crippen LogP contribution in [0.3, 0.4) is 0 Å². The van der Waals surface area contributed by atoms with Gasteiger partial charge >= 0.3 is 6.18 Å². The molecule has 3 aromatic heterocycles. The molecule has 0 saturated carbocycles. The van der Waals surface area contributed by atoms with E-state index in [4.69, 9.17) is 9.26 Å². The quantitative estimate of drug-likeness (QED) is 0.702. The van der Waals surface area contributed by atoms with Crippen LogP contribution in [0.25, 0.3) is 0 Å². The fraction of sp³-hybridized carbons (Fsp3) is 0.333. The summed E-state index contributed by atoms with van der Waals surface area (Å²) in [6, 6.07) is 3.83. The van der Waals surface area contributed by atoms with E-state index in [0.717, 1.165) is 16.3 Å². The average molecular weight is 353 g/mol. The molecule has 132 valence electrons. The largest absolute Gasteiger partial charge is 0.481 e. The van der Waals surface area contributed by atoms with Crippen molar-refractivity contribution in [2.75, 3.05) is 7.11 Å². The average Bonchev–Trinajstić information content (AvgIpc) is 3.24. The Bertz CT molecular complexity index is 859. The molecule has 25 heavy (non-hydrogen) atoms. The maximum Gasteiger partial charge on any atom is 0.435 e. The highest BCUT2D eigenvalue weighted by Crippen LogP contribution is 2.28. The summed E-state index contributed by atoms with van der Waals surface area (Å²) in [4.78, 5) is 8.31. The van der Waals surface area contributed by atoms with Gasteiger partial charge in [-0.3, -0.25) is 4.68 Å². The van der Waals surface area contributed by atoms with Gasteiger partial charge in [0.05, 0.1) is 7.11 Å². The normalized spacial score (nSPS) is 13.0. The van der Waals surface area contributed by atoms with E-state index >= 15 is 0 Å². The molecule has 0 aliphatic heterocycles. The van der Waals surface area contributed by atoms with Gasteiger partial charge in [0.25, 0.3) is 5.89 Å². The number of rotatable bonds is 5. The van der Waals surface area contributed by atoms with Crippen LogP contribution in [0, 0.1) is 0 Å². The zero-order valence-electron chi connectivity index (χ0n) is 13.4. The summed E-state index contributed by atoms with van der Waals surface area (Å²) in [5.74, 6) is 0.981. The molecule has 0 aliphatic rings. The summed E-state index contributed by atoms with van der Waals surface area (Å²) >= 11 is 0. The summed E-state index contributed by atoms with van der Waals surface area (Å²) in [5, 5.41) is 7.37. The second-order valence-electron chi connectivity index (χ2n) is 5.25. The first-order chi connectivity index (χ1) is 11.9. The first kappa shape index (κ1) is 16.9. The van der Waals surface area contributed by atoms with Crippen molar-refractivity contribution in [2.45, 2.75) is 25.6 Å². The van der Waals surface area contributed by atoms with Gasteiger partial charge in [0.2, 0.25) is 5.88 Å². The van der Waals surface area contributed by atoms with Crippen LogP contribution in [0.15, 0.2) is 35.1 Å². The number of pyridine rings is 1. The molecule has 3 rings (SSSR count). The molecule has 3 aromatic rings. The van der Waals surface area contributed by atoms with Crippen LogP contribution in [-0.2, 0) is 12.6 Å². The van der Waals surface area contributed by atoms with Crippen molar-refractivity contribution in [3.05, 3.63) is 53.6 Å². The van der Waals surface area contributed by atoms with E-state index in [2.05, 4.69) is 20.2 Å². The van der Waals surface area contributed by atoms with Crippen LogP contribution < -0.4 is 4.74 Å². The van der Waals surface area contributed by atoms with Gasteiger partial charge < -0.3 is 9.26 Å². The summed E-state index contributed by atoms with van der Waals surface area (Å²) in [7, 11) is 1.51. The number of aromatic nitrogens is 5. The highest BCUT2D eigenvalue weighted by molar-refractivity contribution is 5.28. The number of halogens is 3. The van der Waals surface area contributed by atoms with Crippen molar-refractivity contribution in [1.82, 2.24) is 24.9 Å². The molecule has 1 atom stereocenters. The van der Waals surface area contributed by atoms with E-state index in [9.17, 15) is 13.2 Å². The second-order valence-corrected chi connectivity index (χ2v) is 5.25. The third-order valence-electron chi connectivity index (χ3n) is 3.53. The van der Waals surface area contributed by atoms with Crippen LogP contribution >= 0.6 is 0 Å².